The third kappa shape index (κ3) is 2.68. The number of rotatable bonds is 3. The van der Waals surface area contributed by atoms with Crippen molar-refractivity contribution in [3.05, 3.63) is 24.3 Å². The van der Waals surface area contributed by atoms with Crippen molar-refractivity contribution >= 4 is 5.97 Å². The quantitative estimate of drug-likeness (QED) is 0.576. The summed E-state index contributed by atoms with van der Waals surface area (Å²) in [6, 6.07) is -1.01. The summed E-state index contributed by atoms with van der Waals surface area (Å²) >= 11 is 0. The van der Waals surface area contributed by atoms with Crippen LogP contribution in [0.5, 0.6) is 0 Å². The molecule has 4 nitrogen and oxygen atoms in total. The van der Waals surface area contributed by atoms with Crippen molar-refractivity contribution in [1.82, 2.24) is 0 Å². The number of carboxylic acids is 1. The fourth-order valence-electron chi connectivity index (χ4n) is 1.27. The zero-order valence-corrected chi connectivity index (χ0v) is 7.18. The number of hydrogen-bond acceptors (Lipinski definition) is 3. The monoisotopic (exact) mass is 183 g/mol. The highest BCUT2D eigenvalue weighted by Crippen LogP contribution is 2.22. The topological polar surface area (TPSA) is 83.5 Å². The Kier molecular flexibility index (Phi) is 2.85. The van der Waals surface area contributed by atoms with Crippen LogP contribution in [0.4, 0.5) is 0 Å². The maximum atomic E-state index is 10.4. The van der Waals surface area contributed by atoms with Gasteiger partial charge in [-0.3, -0.25) is 4.79 Å². The molecular weight excluding hydrogens is 170 g/mol. The minimum Gasteiger partial charge on any atom is -0.480 e. The van der Waals surface area contributed by atoms with Gasteiger partial charge in [0.15, 0.2) is 0 Å². The zero-order chi connectivity index (χ0) is 9.90. The highest BCUT2D eigenvalue weighted by Gasteiger charge is 2.28. The molecular formula is C9H13NO3. The fourth-order valence-corrected chi connectivity index (χ4v) is 1.27. The van der Waals surface area contributed by atoms with Gasteiger partial charge in [0.25, 0.3) is 0 Å². The largest absolute Gasteiger partial charge is 0.480 e. The van der Waals surface area contributed by atoms with Gasteiger partial charge < -0.3 is 15.9 Å². The Bertz CT molecular complexity index is 260. The van der Waals surface area contributed by atoms with E-state index in [4.69, 9.17) is 10.8 Å². The second-order valence-corrected chi connectivity index (χ2v) is 3.24. The Morgan fingerprint density at radius 2 is 2.31 bits per heavy atom. The average molecular weight is 183 g/mol. The summed E-state index contributed by atoms with van der Waals surface area (Å²) in [7, 11) is 0. The van der Waals surface area contributed by atoms with Crippen LogP contribution in [0.15, 0.2) is 24.3 Å². The number of aliphatic hydroxyl groups is 1. The fraction of sp³-hybridized carbons (Fsp3) is 0.444. The molecule has 0 aliphatic heterocycles. The first-order valence-corrected chi connectivity index (χ1v) is 4.09. The van der Waals surface area contributed by atoms with Gasteiger partial charge in [-0.15, -0.1) is 0 Å². The molecule has 1 rings (SSSR count). The van der Waals surface area contributed by atoms with Crippen LogP contribution in [-0.2, 0) is 4.79 Å². The Morgan fingerprint density at radius 1 is 1.62 bits per heavy atom. The molecule has 0 amide bonds. The predicted molar refractivity (Wildman–Crippen MR) is 48.1 cm³/mol. The van der Waals surface area contributed by atoms with Crippen LogP contribution in [0.1, 0.15) is 12.8 Å². The first-order chi connectivity index (χ1) is 6.03. The van der Waals surface area contributed by atoms with Crippen molar-refractivity contribution in [3.8, 4) is 0 Å². The third-order valence-corrected chi connectivity index (χ3v) is 2.02. The van der Waals surface area contributed by atoms with Crippen molar-refractivity contribution in [1.29, 1.82) is 0 Å². The Morgan fingerprint density at radius 3 is 2.77 bits per heavy atom. The summed E-state index contributed by atoms with van der Waals surface area (Å²) in [5, 5.41) is 18.4. The highest BCUT2D eigenvalue weighted by molar-refractivity contribution is 5.73. The van der Waals surface area contributed by atoms with E-state index in [2.05, 4.69) is 0 Å². The van der Waals surface area contributed by atoms with E-state index < -0.39 is 17.6 Å². The van der Waals surface area contributed by atoms with Crippen LogP contribution in [0.25, 0.3) is 0 Å². The lowest BCUT2D eigenvalue weighted by atomic mass is 9.89. The van der Waals surface area contributed by atoms with Crippen molar-refractivity contribution < 1.29 is 15.0 Å². The molecule has 0 bridgehead atoms. The lowest BCUT2D eigenvalue weighted by Crippen LogP contribution is -2.40. The Balaban J connectivity index is 2.57. The van der Waals surface area contributed by atoms with Gasteiger partial charge in [-0.2, -0.15) is 0 Å². The summed E-state index contributed by atoms with van der Waals surface area (Å²) in [5.74, 6) is -1.09. The number of allylic oxidation sites excluding steroid dienone is 2. The first-order valence-electron chi connectivity index (χ1n) is 4.09. The molecule has 0 saturated carbocycles. The number of hydrogen-bond donors (Lipinski definition) is 3. The molecule has 1 aliphatic rings. The molecule has 4 N–H and O–H groups in total. The minimum atomic E-state index is -1.09. The van der Waals surface area contributed by atoms with Crippen molar-refractivity contribution in [2.24, 2.45) is 5.73 Å². The van der Waals surface area contributed by atoms with Crippen LogP contribution in [0.2, 0.25) is 0 Å². The summed E-state index contributed by atoms with van der Waals surface area (Å²) in [5.41, 5.74) is 4.22. The van der Waals surface area contributed by atoms with Crippen LogP contribution in [0.3, 0.4) is 0 Å². The summed E-state index contributed by atoms with van der Waals surface area (Å²) in [6.45, 7) is 0. The zero-order valence-electron chi connectivity index (χ0n) is 7.18. The smallest absolute Gasteiger partial charge is 0.320 e. The lowest BCUT2D eigenvalue weighted by molar-refractivity contribution is -0.139. The van der Waals surface area contributed by atoms with Gasteiger partial charge in [0.2, 0.25) is 0 Å². The van der Waals surface area contributed by atoms with Crippen molar-refractivity contribution in [2.45, 2.75) is 24.5 Å². The molecule has 2 atom stereocenters. The average Bonchev–Trinajstić information content (AvgIpc) is 2.04. The summed E-state index contributed by atoms with van der Waals surface area (Å²) in [4.78, 5) is 10.4. The van der Waals surface area contributed by atoms with E-state index >= 15 is 0 Å². The molecule has 0 aromatic carbocycles. The van der Waals surface area contributed by atoms with Gasteiger partial charge in [0.05, 0.1) is 5.60 Å². The van der Waals surface area contributed by atoms with E-state index in [9.17, 15) is 9.90 Å². The van der Waals surface area contributed by atoms with Gasteiger partial charge in [-0.05, 0) is 6.42 Å². The molecule has 0 aromatic rings. The van der Waals surface area contributed by atoms with Crippen molar-refractivity contribution in [3.63, 3.8) is 0 Å². The van der Waals surface area contributed by atoms with Gasteiger partial charge >= 0.3 is 5.97 Å². The third-order valence-electron chi connectivity index (χ3n) is 2.02. The van der Waals surface area contributed by atoms with Crippen LogP contribution >= 0.6 is 0 Å². The minimum absolute atomic E-state index is 0.0448. The van der Waals surface area contributed by atoms with E-state index in [1.54, 1.807) is 24.3 Å². The number of carboxylic acid groups (broad SMARTS) is 1. The van der Waals surface area contributed by atoms with Crippen LogP contribution in [0, 0.1) is 0 Å². The highest BCUT2D eigenvalue weighted by atomic mass is 16.4. The van der Waals surface area contributed by atoms with Gasteiger partial charge in [-0.25, -0.2) is 0 Å². The van der Waals surface area contributed by atoms with E-state index in [1.165, 1.54) is 0 Å². The van der Waals surface area contributed by atoms with E-state index in [-0.39, 0.29) is 6.42 Å². The Hall–Kier alpha value is -1.13. The molecule has 0 saturated heterocycles. The predicted octanol–water partition coefficient (Wildman–Crippen LogP) is 0.0356. The maximum absolute atomic E-state index is 10.4. The van der Waals surface area contributed by atoms with Crippen LogP contribution in [-0.4, -0.2) is 27.8 Å². The van der Waals surface area contributed by atoms with Crippen molar-refractivity contribution in [2.75, 3.05) is 0 Å². The first kappa shape index (κ1) is 9.95. The van der Waals surface area contributed by atoms with Gasteiger partial charge in [-0.1, -0.05) is 24.3 Å². The standard InChI is InChI=1S/C9H13NO3/c10-7(8(11)12)6-9(13)4-2-1-3-5-9/h1-4,7,13H,5-6,10H2,(H,11,12)/t7-,9?/m0/s1. The maximum Gasteiger partial charge on any atom is 0.320 e. The van der Waals surface area contributed by atoms with Gasteiger partial charge in [0.1, 0.15) is 6.04 Å². The second kappa shape index (κ2) is 3.72. The summed E-state index contributed by atoms with van der Waals surface area (Å²) in [6.07, 6.45) is 7.33. The molecule has 4 heteroatoms. The second-order valence-electron chi connectivity index (χ2n) is 3.24. The van der Waals surface area contributed by atoms with Gasteiger partial charge in [0, 0.05) is 6.42 Å². The van der Waals surface area contributed by atoms with E-state index in [0.717, 1.165) is 0 Å². The SMILES string of the molecule is N[C@@H](CC1(O)C=CC=CC1)C(=O)O. The number of aliphatic carboxylic acids is 1. The molecule has 0 heterocycles. The Labute approximate surface area is 76.4 Å². The van der Waals surface area contributed by atoms with E-state index in [1.807, 2.05) is 0 Å². The normalized spacial score (nSPS) is 28.8. The molecule has 1 unspecified atom stereocenters. The number of nitrogens with two attached hydrogens (primary N) is 1. The molecule has 0 radical (unpaired) electrons. The lowest BCUT2D eigenvalue weighted by Gasteiger charge is -2.26. The molecule has 0 aromatic heterocycles. The molecule has 0 fully saturated rings. The molecule has 72 valence electrons. The van der Waals surface area contributed by atoms with Crippen LogP contribution < -0.4 is 5.73 Å². The van der Waals surface area contributed by atoms with E-state index in [0.29, 0.717) is 6.42 Å². The molecule has 13 heavy (non-hydrogen) atoms. The molecule has 0 spiro atoms. The number of carbonyl (C=O) groups is 1. The molecule has 1 aliphatic carbocycles. The summed E-state index contributed by atoms with van der Waals surface area (Å²) < 4.78 is 0.